The van der Waals surface area contributed by atoms with Gasteiger partial charge < -0.3 is 11.1 Å². The number of nitrogen functional groups attached to an aromatic ring is 1. The van der Waals surface area contributed by atoms with Crippen LogP contribution in [0.15, 0.2) is 30.5 Å². The third-order valence-corrected chi connectivity index (χ3v) is 5.71. The fraction of sp³-hybridized carbons (Fsp3) is 0.438. The molecule has 1 aromatic carbocycles. The van der Waals surface area contributed by atoms with E-state index in [9.17, 15) is 0 Å². The van der Waals surface area contributed by atoms with E-state index in [1.807, 2.05) is 42.2 Å². The first-order chi connectivity index (χ1) is 9.65. The van der Waals surface area contributed by atoms with Crippen LogP contribution < -0.4 is 11.1 Å². The lowest BCUT2D eigenvalue weighted by molar-refractivity contribution is 0.575. The summed E-state index contributed by atoms with van der Waals surface area (Å²) in [4.78, 5) is 4.47. The zero-order chi connectivity index (χ0) is 14.6. The van der Waals surface area contributed by atoms with Crippen molar-refractivity contribution in [2.24, 2.45) is 0 Å². The highest BCUT2D eigenvalue weighted by Gasteiger charge is 2.24. The van der Waals surface area contributed by atoms with Crippen LogP contribution in [0, 0.1) is 0 Å². The Morgan fingerprint density at radius 2 is 2.00 bits per heavy atom. The molecule has 0 bridgehead atoms. The van der Waals surface area contributed by atoms with Crippen LogP contribution in [0.25, 0.3) is 10.9 Å². The number of nitrogens with one attached hydrogen (secondary N) is 1. The first kappa shape index (κ1) is 15.0. The molecule has 20 heavy (non-hydrogen) atoms. The van der Waals surface area contributed by atoms with Crippen molar-refractivity contribution in [3.63, 3.8) is 0 Å². The van der Waals surface area contributed by atoms with Crippen molar-refractivity contribution in [2.45, 2.75) is 31.4 Å². The molecule has 0 spiro atoms. The Morgan fingerprint density at radius 1 is 1.25 bits per heavy atom. The van der Waals surface area contributed by atoms with E-state index in [-0.39, 0.29) is 4.75 Å². The van der Waals surface area contributed by atoms with Crippen LogP contribution in [0.1, 0.15) is 26.7 Å². The Balaban J connectivity index is 2.29. The summed E-state index contributed by atoms with van der Waals surface area (Å²) in [5, 5.41) is 4.58. The molecular formula is C16H23N3S. The molecule has 0 atom stereocenters. The van der Waals surface area contributed by atoms with Crippen LogP contribution in [0.4, 0.5) is 11.4 Å². The van der Waals surface area contributed by atoms with Crippen molar-refractivity contribution in [2.75, 3.05) is 23.9 Å². The third-order valence-electron chi connectivity index (χ3n) is 4.13. The molecule has 1 heterocycles. The number of pyridine rings is 1. The molecule has 0 amide bonds. The molecular weight excluding hydrogens is 266 g/mol. The zero-order valence-corrected chi connectivity index (χ0v) is 13.3. The van der Waals surface area contributed by atoms with Gasteiger partial charge in [0.15, 0.2) is 0 Å². The number of nitrogens with two attached hydrogens (primary N) is 1. The minimum absolute atomic E-state index is 0.280. The van der Waals surface area contributed by atoms with Crippen LogP contribution in [0.5, 0.6) is 0 Å². The minimum Gasteiger partial charge on any atom is -0.398 e. The number of hydrogen-bond acceptors (Lipinski definition) is 4. The van der Waals surface area contributed by atoms with Gasteiger partial charge in [-0.05, 0) is 43.4 Å². The molecule has 1 aromatic heterocycles. The summed E-state index contributed by atoms with van der Waals surface area (Å²) in [6, 6.07) is 7.92. The van der Waals surface area contributed by atoms with E-state index >= 15 is 0 Å². The monoisotopic (exact) mass is 289 g/mol. The lowest BCUT2D eigenvalue weighted by Crippen LogP contribution is -2.32. The van der Waals surface area contributed by atoms with Gasteiger partial charge in [-0.1, -0.05) is 13.8 Å². The van der Waals surface area contributed by atoms with Crippen LogP contribution in [0.3, 0.4) is 0 Å². The lowest BCUT2D eigenvalue weighted by Gasteiger charge is -2.30. The Labute approximate surface area is 125 Å². The maximum atomic E-state index is 6.01. The smallest absolute Gasteiger partial charge is 0.0953 e. The summed E-state index contributed by atoms with van der Waals surface area (Å²) >= 11 is 1.94. The maximum Gasteiger partial charge on any atom is 0.0953 e. The second-order valence-corrected chi connectivity index (χ2v) is 6.32. The van der Waals surface area contributed by atoms with Gasteiger partial charge in [-0.2, -0.15) is 11.8 Å². The molecule has 2 aromatic rings. The maximum absolute atomic E-state index is 6.01. The van der Waals surface area contributed by atoms with Crippen molar-refractivity contribution in [3.05, 3.63) is 30.5 Å². The van der Waals surface area contributed by atoms with Gasteiger partial charge in [0.05, 0.1) is 11.2 Å². The van der Waals surface area contributed by atoms with E-state index in [0.29, 0.717) is 0 Å². The number of aromatic nitrogens is 1. The SMILES string of the molecule is CCC(CC)(CNc1ccc(N)c2cccnc12)SC. The molecule has 108 valence electrons. The summed E-state index contributed by atoms with van der Waals surface area (Å²) in [5.41, 5.74) is 8.81. The third kappa shape index (κ3) is 2.85. The predicted octanol–water partition coefficient (Wildman–Crippen LogP) is 4.15. The molecule has 0 aliphatic carbocycles. The molecule has 4 heteroatoms. The summed E-state index contributed by atoms with van der Waals surface area (Å²) in [6.45, 7) is 5.44. The second kappa shape index (κ2) is 6.35. The highest BCUT2D eigenvalue weighted by Crippen LogP contribution is 2.32. The standard InChI is InChI=1S/C16H23N3S/c1-4-16(5-2,20-3)11-19-14-9-8-13(17)12-7-6-10-18-15(12)14/h6-10,19H,4-5,11,17H2,1-3H3. The van der Waals surface area contributed by atoms with Crippen LogP contribution in [0.2, 0.25) is 0 Å². The Kier molecular flexibility index (Phi) is 4.76. The number of anilines is 2. The van der Waals surface area contributed by atoms with E-state index < -0.39 is 0 Å². The zero-order valence-electron chi connectivity index (χ0n) is 12.4. The predicted molar refractivity (Wildman–Crippen MR) is 91.5 cm³/mol. The van der Waals surface area contributed by atoms with Gasteiger partial charge in [0.1, 0.15) is 0 Å². The number of thioether (sulfide) groups is 1. The molecule has 3 nitrogen and oxygen atoms in total. The Morgan fingerprint density at radius 3 is 2.65 bits per heavy atom. The molecule has 0 fully saturated rings. The van der Waals surface area contributed by atoms with Gasteiger partial charge in [-0.3, -0.25) is 4.98 Å². The van der Waals surface area contributed by atoms with Crippen LogP contribution in [-0.2, 0) is 0 Å². The summed E-state index contributed by atoms with van der Waals surface area (Å²) in [7, 11) is 0. The summed E-state index contributed by atoms with van der Waals surface area (Å²) < 4.78 is 0.280. The number of hydrogen-bond donors (Lipinski definition) is 2. The first-order valence-electron chi connectivity index (χ1n) is 7.08. The minimum atomic E-state index is 0.280. The lowest BCUT2D eigenvalue weighted by atomic mass is 10.0. The van der Waals surface area contributed by atoms with Crippen LogP contribution >= 0.6 is 11.8 Å². The van der Waals surface area contributed by atoms with Gasteiger partial charge in [-0.15, -0.1) is 0 Å². The van der Waals surface area contributed by atoms with E-state index in [0.717, 1.165) is 41.7 Å². The fourth-order valence-corrected chi connectivity index (χ4v) is 3.25. The quantitative estimate of drug-likeness (QED) is 0.784. The van der Waals surface area contributed by atoms with Gasteiger partial charge in [0.2, 0.25) is 0 Å². The van der Waals surface area contributed by atoms with E-state index in [4.69, 9.17) is 5.73 Å². The van der Waals surface area contributed by atoms with Crippen molar-refractivity contribution in [1.29, 1.82) is 0 Å². The highest BCUT2D eigenvalue weighted by atomic mass is 32.2. The van der Waals surface area contributed by atoms with E-state index in [2.05, 4.69) is 30.4 Å². The Hall–Kier alpha value is -1.42. The van der Waals surface area contributed by atoms with E-state index in [1.165, 1.54) is 0 Å². The number of benzene rings is 1. The molecule has 0 radical (unpaired) electrons. The van der Waals surface area contributed by atoms with Gasteiger partial charge in [-0.25, -0.2) is 0 Å². The molecule has 0 unspecified atom stereocenters. The summed E-state index contributed by atoms with van der Waals surface area (Å²) in [6.07, 6.45) is 6.30. The molecule has 2 rings (SSSR count). The first-order valence-corrected chi connectivity index (χ1v) is 8.30. The van der Waals surface area contributed by atoms with Crippen molar-refractivity contribution in [1.82, 2.24) is 4.98 Å². The number of rotatable bonds is 6. The average molecular weight is 289 g/mol. The molecule has 0 aliphatic heterocycles. The fourth-order valence-electron chi connectivity index (χ4n) is 2.45. The molecule has 3 N–H and O–H groups in total. The normalized spacial score (nSPS) is 11.8. The Bertz CT molecular complexity index is 571. The van der Waals surface area contributed by atoms with Crippen molar-refractivity contribution in [3.8, 4) is 0 Å². The average Bonchev–Trinajstić information content (AvgIpc) is 2.51. The summed E-state index contributed by atoms with van der Waals surface area (Å²) in [5.74, 6) is 0. The van der Waals surface area contributed by atoms with Gasteiger partial charge >= 0.3 is 0 Å². The molecule has 0 saturated carbocycles. The van der Waals surface area contributed by atoms with Crippen molar-refractivity contribution >= 4 is 34.0 Å². The van der Waals surface area contributed by atoms with E-state index in [1.54, 1.807) is 0 Å². The van der Waals surface area contributed by atoms with Gasteiger partial charge in [0, 0.05) is 28.6 Å². The number of nitrogens with zero attached hydrogens (tertiary/aromatic N) is 1. The van der Waals surface area contributed by atoms with Crippen LogP contribution in [-0.4, -0.2) is 22.5 Å². The topological polar surface area (TPSA) is 50.9 Å². The molecule has 0 saturated heterocycles. The van der Waals surface area contributed by atoms with Gasteiger partial charge in [0.25, 0.3) is 0 Å². The molecule has 0 aliphatic rings. The largest absolute Gasteiger partial charge is 0.398 e. The highest BCUT2D eigenvalue weighted by molar-refractivity contribution is 8.00. The number of fused-ring (bicyclic) bond motifs is 1. The second-order valence-electron chi connectivity index (χ2n) is 5.05. The van der Waals surface area contributed by atoms with Crippen molar-refractivity contribution < 1.29 is 0 Å².